The molecule has 2 unspecified atom stereocenters. The first kappa shape index (κ1) is 20.1. The van der Waals surface area contributed by atoms with Crippen LogP contribution in [0.25, 0.3) is 12.2 Å². The van der Waals surface area contributed by atoms with E-state index in [9.17, 15) is 0 Å². The van der Waals surface area contributed by atoms with Crippen molar-refractivity contribution >= 4 is 28.5 Å². The molecule has 2 aliphatic carbocycles. The Labute approximate surface area is 189 Å². The molecule has 4 heteroatoms. The third-order valence-corrected chi connectivity index (χ3v) is 18.8. The maximum absolute atomic E-state index is 6.24. The molecule has 5 rings (SSSR count). The van der Waals surface area contributed by atoms with Crippen molar-refractivity contribution in [3.05, 3.63) is 81.2 Å². The molecule has 0 saturated carbocycles. The SMILES string of the molecule is C[Si](C)(C)OCCC[Si]1(C)C2=Cc3ccccc3[CH]2[Zr][CH]2C1=Cc1ccccc12. The van der Waals surface area contributed by atoms with Crippen molar-refractivity contribution in [2.24, 2.45) is 0 Å². The Balaban J connectivity index is 1.52. The van der Waals surface area contributed by atoms with Crippen LogP contribution in [0.4, 0.5) is 0 Å². The van der Waals surface area contributed by atoms with Crippen LogP contribution in [-0.2, 0) is 27.7 Å². The van der Waals surface area contributed by atoms with Crippen LogP contribution < -0.4 is 0 Å². The summed E-state index contributed by atoms with van der Waals surface area (Å²) in [4.78, 5) is 0. The number of fused-ring (bicyclic) bond motifs is 6. The van der Waals surface area contributed by atoms with Crippen molar-refractivity contribution in [2.45, 2.75) is 45.9 Å². The molecule has 1 saturated heterocycles. The molecule has 0 amide bonds. The van der Waals surface area contributed by atoms with Gasteiger partial charge < -0.3 is 0 Å². The molecule has 2 aromatic rings. The van der Waals surface area contributed by atoms with Gasteiger partial charge in [0.1, 0.15) is 0 Å². The van der Waals surface area contributed by atoms with Gasteiger partial charge in [0.2, 0.25) is 0 Å². The number of allylic oxidation sites excluding steroid dienone is 2. The van der Waals surface area contributed by atoms with Gasteiger partial charge in [-0.15, -0.1) is 0 Å². The second-order valence-electron chi connectivity index (χ2n) is 9.89. The first-order valence-electron chi connectivity index (χ1n) is 10.9. The summed E-state index contributed by atoms with van der Waals surface area (Å²) in [7, 11) is -3.12. The van der Waals surface area contributed by atoms with E-state index in [2.05, 4.69) is 86.9 Å². The minimum absolute atomic E-state index is 0.643. The Morgan fingerprint density at radius 2 is 1.38 bits per heavy atom. The molecule has 0 spiro atoms. The van der Waals surface area contributed by atoms with Gasteiger partial charge >= 0.3 is 190 Å². The summed E-state index contributed by atoms with van der Waals surface area (Å²) in [6.07, 6.45) is 6.44. The molecule has 2 aromatic carbocycles. The van der Waals surface area contributed by atoms with E-state index < -0.39 is 39.6 Å². The number of benzene rings is 2. The fraction of sp³-hybridized carbons (Fsp3) is 0.360. The van der Waals surface area contributed by atoms with Crippen molar-refractivity contribution in [2.75, 3.05) is 6.61 Å². The standard InChI is InChI=1S/C25H30OSi2.Zr/c1-27(2,3)26-14-9-15-28(4,24-16-20-10-5-6-11-21(20)17-24)25-18-22-12-7-8-13-23(22)19-25;/h5-8,10-13,16-19H,9,14-15H2,1-4H3;. The Morgan fingerprint density at radius 1 is 0.862 bits per heavy atom. The van der Waals surface area contributed by atoms with Crippen LogP contribution in [0.1, 0.15) is 35.9 Å². The van der Waals surface area contributed by atoms with Crippen LogP contribution in [0.2, 0.25) is 32.2 Å². The number of rotatable bonds is 5. The van der Waals surface area contributed by atoms with Crippen LogP contribution in [0, 0.1) is 0 Å². The van der Waals surface area contributed by atoms with Crippen LogP contribution >= 0.6 is 0 Å². The zero-order valence-electron chi connectivity index (χ0n) is 18.0. The third-order valence-electron chi connectivity index (χ3n) is 6.82. The average molecular weight is 494 g/mol. The molecular formula is C25H30OSi2Zr. The fourth-order valence-electron chi connectivity index (χ4n) is 5.39. The molecule has 1 aliphatic heterocycles. The minimum atomic E-state index is -1.69. The summed E-state index contributed by atoms with van der Waals surface area (Å²) in [5.74, 6) is 0. The van der Waals surface area contributed by atoms with Crippen molar-refractivity contribution in [1.82, 2.24) is 0 Å². The first-order valence-corrected chi connectivity index (χ1v) is 19.8. The summed E-state index contributed by atoms with van der Waals surface area (Å²) >= 11 is -0.643. The van der Waals surface area contributed by atoms with Gasteiger partial charge in [-0.2, -0.15) is 0 Å². The van der Waals surface area contributed by atoms with Crippen LogP contribution in [-0.4, -0.2) is 23.0 Å². The number of hydrogen-bond donors (Lipinski definition) is 0. The fourth-order valence-corrected chi connectivity index (χ4v) is 20.4. The molecule has 2 atom stereocenters. The van der Waals surface area contributed by atoms with Crippen LogP contribution in [0.3, 0.4) is 0 Å². The topological polar surface area (TPSA) is 9.23 Å². The van der Waals surface area contributed by atoms with Crippen molar-refractivity contribution in [1.29, 1.82) is 0 Å². The second kappa shape index (κ2) is 7.41. The molecule has 148 valence electrons. The Morgan fingerprint density at radius 3 is 1.90 bits per heavy atom. The van der Waals surface area contributed by atoms with Gasteiger partial charge in [0.05, 0.1) is 0 Å². The summed E-state index contributed by atoms with van der Waals surface area (Å²) in [6.45, 7) is 10.5. The van der Waals surface area contributed by atoms with Crippen molar-refractivity contribution in [3.63, 3.8) is 0 Å². The average Bonchev–Trinajstić information content (AvgIpc) is 3.25. The Hall–Kier alpha value is -0.803. The molecule has 29 heavy (non-hydrogen) atoms. The van der Waals surface area contributed by atoms with Crippen molar-refractivity contribution < 1.29 is 27.7 Å². The van der Waals surface area contributed by atoms with E-state index in [1.807, 2.05) is 10.4 Å². The maximum atomic E-state index is 6.24. The van der Waals surface area contributed by atoms with Gasteiger partial charge in [-0.1, -0.05) is 0 Å². The van der Waals surface area contributed by atoms with Gasteiger partial charge in [0.15, 0.2) is 0 Å². The molecule has 1 heterocycles. The van der Waals surface area contributed by atoms with E-state index in [4.69, 9.17) is 4.43 Å². The Bertz CT molecular complexity index is 950. The predicted molar refractivity (Wildman–Crippen MR) is 125 cm³/mol. The van der Waals surface area contributed by atoms with Gasteiger partial charge in [0, 0.05) is 0 Å². The van der Waals surface area contributed by atoms with Gasteiger partial charge in [-0.25, -0.2) is 0 Å². The zero-order chi connectivity index (χ0) is 20.2. The van der Waals surface area contributed by atoms with Gasteiger partial charge in [0.25, 0.3) is 0 Å². The van der Waals surface area contributed by atoms with Crippen LogP contribution in [0.15, 0.2) is 58.9 Å². The Kier molecular flexibility index (Phi) is 5.14. The van der Waals surface area contributed by atoms with E-state index in [-0.39, 0.29) is 0 Å². The molecule has 1 fully saturated rings. The zero-order valence-corrected chi connectivity index (χ0v) is 22.4. The van der Waals surface area contributed by atoms with E-state index in [0.29, 0.717) is 0 Å². The van der Waals surface area contributed by atoms with E-state index in [1.54, 1.807) is 11.1 Å². The summed E-state index contributed by atoms with van der Waals surface area (Å²) in [5.41, 5.74) is 6.32. The third kappa shape index (κ3) is 3.50. The van der Waals surface area contributed by atoms with Gasteiger partial charge in [-0.05, 0) is 0 Å². The van der Waals surface area contributed by atoms with E-state index >= 15 is 0 Å². The molecule has 0 radical (unpaired) electrons. The normalized spacial score (nSPS) is 26.6. The molecular weight excluding hydrogens is 464 g/mol. The molecule has 0 bridgehead atoms. The van der Waals surface area contributed by atoms with Crippen LogP contribution in [0.5, 0.6) is 0 Å². The monoisotopic (exact) mass is 492 g/mol. The summed E-state index contributed by atoms with van der Waals surface area (Å²) < 4.78 is 7.82. The second-order valence-corrected chi connectivity index (χ2v) is 22.4. The summed E-state index contributed by atoms with van der Waals surface area (Å²) in [5, 5.41) is 3.71. The molecule has 1 nitrogen and oxygen atoms in total. The predicted octanol–water partition coefficient (Wildman–Crippen LogP) is 6.76. The quantitative estimate of drug-likeness (QED) is 0.330. The summed E-state index contributed by atoms with van der Waals surface area (Å²) in [6, 6.07) is 19.8. The molecule has 0 aromatic heterocycles. The van der Waals surface area contributed by atoms with Gasteiger partial charge in [-0.3, -0.25) is 0 Å². The molecule has 0 N–H and O–H groups in total. The molecule has 3 aliphatic rings. The van der Waals surface area contributed by atoms with E-state index in [0.717, 1.165) is 13.9 Å². The first-order chi connectivity index (χ1) is 13.9. The van der Waals surface area contributed by atoms with E-state index in [1.165, 1.54) is 23.6 Å². The van der Waals surface area contributed by atoms with Crippen molar-refractivity contribution in [3.8, 4) is 0 Å². The number of hydrogen-bond acceptors (Lipinski definition) is 1.